The van der Waals surface area contributed by atoms with Crippen molar-refractivity contribution in [2.75, 3.05) is 12.8 Å². The minimum Gasteiger partial charge on any atom is -0.382 e. The van der Waals surface area contributed by atoms with E-state index in [0.717, 1.165) is 31.5 Å². The van der Waals surface area contributed by atoms with Crippen LogP contribution in [0.1, 0.15) is 30.5 Å². The summed E-state index contributed by atoms with van der Waals surface area (Å²) in [5, 5.41) is 27.9. The van der Waals surface area contributed by atoms with E-state index in [1.807, 2.05) is 6.07 Å². The maximum atomic E-state index is 9.53. The monoisotopic (exact) mass is 277 g/mol. The topological polar surface area (TPSA) is 115 Å². The van der Waals surface area contributed by atoms with Gasteiger partial charge in [-0.2, -0.15) is 5.10 Å². The predicted octanol–water partition coefficient (Wildman–Crippen LogP) is -0.116. The highest BCUT2D eigenvalue weighted by molar-refractivity contribution is 5.25. The number of rotatable bonds is 7. The molecule has 1 unspecified atom stereocenters. The van der Waals surface area contributed by atoms with Crippen molar-refractivity contribution in [3.05, 3.63) is 29.7 Å². The van der Waals surface area contributed by atoms with E-state index in [2.05, 4.69) is 25.8 Å². The largest absolute Gasteiger partial charge is 0.382 e. The Labute approximate surface area is 117 Å². The molecule has 0 spiro atoms. The smallest absolute Gasteiger partial charge is 0.151 e. The van der Waals surface area contributed by atoms with Crippen LogP contribution < -0.4 is 11.1 Å². The number of nitrogens with zero attached hydrogens (tertiary/aromatic N) is 5. The fourth-order valence-electron chi connectivity index (χ4n) is 1.78. The van der Waals surface area contributed by atoms with Gasteiger partial charge in [-0.1, -0.05) is 5.21 Å². The Kier molecular flexibility index (Phi) is 4.97. The number of aliphatic hydroxyl groups excluding tert-OH is 1. The molecule has 0 aliphatic carbocycles. The van der Waals surface area contributed by atoms with Crippen LogP contribution in [0.3, 0.4) is 0 Å². The second-order valence-electron chi connectivity index (χ2n) is 4.50. The average Bonchev–Trinajstić information content (AvgIpc) is 2.93. The molecule has 0 fully saturated rings. The van der Waals surface area contributed by atoms with Crippen molar-refractivity contribution in [1.29, 1.82) is 0 Å². The van der Waals surface area contributed by atoms with E-state index < -0.39 is 6.23 Å². The van der Waals surface area contributed by atoms with Crippen LogP contribution >= 0.6 is 0 Å². The zero-order chi connectivity index (χ0) is 14.4. The molecule has 1 atom stereocenters. The van der Waals surface area contributed by atoms with Crippen LogP contribution in [0.2, 0.25) is 0 Å². The van der Waals surface area contributed by atoms with Crippen LogP contribution in [0.4, 0.5) is 5.82 Å². The van der Waals surface area contributed by atoms with Gasteiger partial charge in [-0.3, -0.25) is 10.00 Å². The molecule has 0 saturated heterocycles. The van der Waals surface area contributed by atoms with Gasteiger partial charge in [0.1, 0.15) is 11.5 Å². The number of unbranched alkanes of at least 4 members (excludes halogenated alkanes) is 1. The van der Waals surface area contributed by atoms with Crippen LogP contribution in [-0.4, -0.2) is 37.3 Å². The van der Waals surface area contributed by atoms with E-state index >= 15 is 0 Å². The third-order valence-electron chi connectivity index (χ3n) is 2.92. The van der Waals surface area contributed by atoms with Crippen molar-refractivity contribution in [3.8, 4) is 0 Å². The van der Waals surface area contributed by atoms with Crippen LogP contribution in [0, 0.1) is 0 Å². The summed E-state index contributed by atoms with van der Waals surface area (Å²) < 4.78 is 1.73. The standard InChI is InChI=1S/C12H19N7O/c1-14-12(20)10-8-19(18-16-10)7-3-2-4-9-5-6-11(13)17-15-9/h5-6,8,12,14,20H,2-4,7H2,1H3,(H2,13,17). The molecular formula is C12H19N7O. The summed E-state index contributed by atoms with van der Waals surface area (Å²) >= 11 is 0. The molecule has 4 N–H and O–H groups in total. The highest BCUT2D eigenvalue weighted by atomic mass is 16.3. The Hall–Kier alpha value is -2.06. The second-order valence-corrected chi connectivity index (χ2v) is 4.50. The molecule has 20 heavy (non-hydrogen) atoms. The molecule has 0 aromatic carbocycles. The quantitative estimate of drug-likeness (QED) is 0.477. The molecule has 2 aromatic heterocycles. The van der Waals surface area contributed by atoms with Gasteiger partial charge in [-0.15, -0.1) is 10.2 Å². The van der Waals surface area contributed by atoms with Crippen LogP contribution in [0.15, 0.2) is 18.3 Å². The average molecular weight is 277 g/mol. The molecule has 108 valence electrons. The Balaban J connectivity index is 1.73. The Morgan fingerprint density at radius 2 is 2.15 bits per heavy atom. The lowest BCUT2D eigenvalue weighted by molar-refractivity contribution is 0.144. The summed E-state index contributed by atoms with van der Waals surface area (Å²) in [6.45, 7) is 0.756. The Bertz CT molecular complexity index is 525. The molecule has 8 heteroatoms. The second kappa shape index (κ2) is 6.92. The molecule has 0 saturated carbocycles. The Morgan fingerprint density at radius 3 is 2.85 bits per heavy atom. The van der Waals surface area contributed by atoms with E-state index in [1.165, 1.54) is 0 Å². The number of hydrogen-bond donors (Lipinski definition) is 3. The first-order chi connectivity index (χ1) is 9.69. The zero-order valence-electron chi connectivity index (χ0n) is 11.4. The van der Waals surface area contributed by atoms with Gasteiger partial charge < -0.3 is 10.8 Å². The van der Waals surface area contributed by atoms with Gasteiger partial charge in [0.15, 0.2) is 6.23 Å². The summed E-state index contributed by atoms with van der Waals surface area (Å²) in [5.74, 6) is 0.437. The molecule has 2 heterocycles. The first-order valence-electron chi connectivity index (χ1n) is 6.52. The molecule has 8 nitrogen and oxygen atoms in total. The normalized spacial score (nSPS) is 12.5. The van der Waals surface area contributed by atoms with Gasteiger partial charge >= 0.3 is 0 Å². The summed E-state index contributed by atoms with van der Waals surface area (Å²) in [5.41, 5.74) is 6.94. The molecule has 0 aliphatic rings. The zero-order valence-corrected chi connectivity index (χ0v) is 11.4. The predicted molar refractivity (Wildman–Crippen MR) is 73.4 cm³/mol. The molecule has 2 aromatic rings. The Morgan fingerprint density at radius 1 is 1.30 bits per heavy atom. The number of aliphatic hydroxyl groups is 1. The fourth-order valence-corrected chi connectivity index (χ4v) is 1.78. The fraction of sp³-hybridized carbons (Fsp3) is 0.500. The summed E-state index contributed by atoms with van der Waals surface area (Å²) in [6, 6.07) is 3.64. The lowest BCUT2D eigenvalue weighted by Gasteiger charge is -2.03. The van der Waals surface area contributed by atoms with Crippen LogP contribution in [-0.2, 0) is 13.0 Å². The highest BCUT2D eigenvalue weighted by Gasteiger charge is 2.08. The minimum atomic E-state index is -0.770. The SMILES string of the molecule is CNC(O)c1cn(CCCCc2ccc(N)nn2)nn1. The highest BCUT2D eigenvalue weighted by Crippen LogP contribution is 2.06. The van der Waals surface area contributed by atoms with Gasteiger partial charge in [0, 0.05) is 6.54 Å². The number of aryl methyl sites for hydroxylation is 2. The third-order valence-corrected chi connectivity index (χ3v) is 2.92. The van der Waals surface area contributed by atoms with Crippen molar-refractivity contribution >= 4 is 5.82 Å². The van der Waals surface area contributed by atoms with Gasteiger partial charge in [0.2, 0.25) is 0 Å². The summed E-state index contributed by atoms with van der Waals surface area (Å²) in [6.07, 6.45) is 3.75. The molecule has 0 bridgehead atoms. The van der Waals surface area contributed by atoms with E-state index in [4.69, 9.17) is 5.73 Å². The van der Waals surface area contributed by atoms with E-state index in [9.17, 15) is 5.11 Å². The number of nitrogens with two attached hydrogens (primary N) is 1. The van der Waals surface area contributed by atoms with E-state index in [-0.39, 0.29) is 0 Å². The number of hydrogen-bond acceptors (Lipinski definition) is 7. The maximum Gasteiger partial charge on any atom is 0.151 e. The molecule has 0 amide bonds. The first kappa shape index (κ1) is 14.4. The number of anilines is 1. The number of nitrogens with one attached hydrogen (secondary N) is 1. The van der Waals surface area contributed by atoms with Crippen molar-refractivity contribution in [2.24, 2.45) is 0 Å². The molecule has 0 aliphatic heterocycles. The van der Waals surface area contributed by atoms with E-state index in [1.54, 1.807) is 24.0 Å². The summed E-state index contributed by atoms with van der Waals surface area (Å²) in [4.78, 5) is 0. The third kappa shape index (κ3) is 3.97. The van der Waals surface area contributed by atoms with Gasteiger partial charge in [-0.05, 0) is 38.4 Å². The van der Waals surface area contributed by atoms with Gasteiger partial charge in [-0.25, -0.2) is 0 Å². The van der Waals surface area contributed by atoms with Crippen LogP contribution in [0.5, 0.6) is 0 Å². The van der Waals surface area contributed by atoms with Crippen molar-refractivity contribution in [3.63, 3.8) is 0 Å². The molecule has 2 rings (SSSR count). The van der Waals surface area contributed by atoms with Gasteiger partial charge in [0.25, 0.3) is 0 Å². The summed E-state index contributed by atoms with van der Waals surface area (Å²) in [7, 11) is 1.66. The maximum absolute atomic E-state index is 9.53. The molecular weight excluding hydrogens is 258 g/mol. The van der Waals surface area contributed by atoms with Crippen LogP contribution in [0.25, 0.3) is 0 Å². The minimum absolute atomic E-state index is 0.437. The van der Waals surface area contributed by atoms with Crippen molar-refractivity contribution < 1.29 is 5.11 Å². The van der Waals surface area contributed by atoms with Gasteiger partial charge in [0.05, 0.1) is 11.9 Å². The lowest BCUT2D eigenvalue weighted by atomic mass is 10.2. The first-order valence-corrected chi connectivity index (χ1v) is 6.52. The van der Waals surface area contributed by atoms with Crippen molar-refractivity contribution in [1.82, 2.24) is 30.5 Å². The molecule has 0 radical (unpaired) electrons. The van der Waals surface area contributed by atoms with E-state index in [0.29, 0.717) is 11.5 Å². The number of nitrogen functional groups attached to an aromatic ring is 1. The lowest BCUT2D eigenvalue weighted by Crippen LogP contribution is -2.15. The van der Waals surface area contributed by atoms with Crippen molar-refractivity contribution in [2.45, 2.75) is 32.0 Å². The number of aromatic nitrogens is 5.